The molecule has 0 spiro atoms. The zero-order valence-electron chi connectivity index (χ0n) is 22.6. The van der Waals surface area contributed by atoms with Crippen LogP contribution < -0.4 is 5.73 Å². The lowest BCUT2D eigenvalue weighted by Crippen LogP contribution is -2.27. The molecule has 3 N–H and O–H groups in total. The van der Waals surface area contributed by atoms with Crippen LogP contribution >= 0.6 is 11.6 Å². The van der Waals surface area contributed by atoms with E-state index in [0.717, 1.165) is 25.7 Å². The quantitative estimate of drug-likeness (QED) is 0.208. The van der Waals surface area contributed by atoms with Gasteiger partial charge in [-0.1, -0.05) is 37.4 Å². The summed E-state index contributed by atoms with van der Waals surface area (Å²) < 4.78 is 18.9. The number of nitrogens with zero attached hydrogens (tertiary/aromatic N) is 6. The first-order chi connectivity index (χ1) is 19.0. The van der Waals surface area contributed by atoms with Crippen LogP contribution in [-0.2, 0) is 12.2 Å². The number of amidine groups is 1. The monoisotopic (exact) mass is 563 g/mol. The van der Waals surface area contributed by atoms with Crippen molar-refractivity contribution in [3.63, 3.8) is 0 Å². The smallest absolute Gasteiger partial charge is 0.433 e. The summed E-state index contributed by atoms with van der Waals surface area (Å²) in [6.07, 6.45) is 7.46. The predicted octanol–water partition coefficient (Wildman–Crippen LogP) is 6.29. The van der Waals surface area contributed by atoms with E-state index in [1.165, 1.54) is 13.1 Å². The fraction of sp³-hybridized carbons (Fsp3) is 0.379. The van der Waals surface area contributed by atoms with Crippen LogP contribution in [0.25, 0.3) is 22.3 Å². The number of carboxylic acid groups (broad SMARTS) is 1. The first kappa shape index (κ1) is 27.6. The Balaban J connectivity index is 1.81. The fourth-order valence-corrected chi connectivity index (χ4v) is 5.75. The van der Waals surface area contributed by atoms with Crippen molar-refractivity contribution < 1.29 is 14.3 Å². The molecule has 11 heteroatoms. The molecule has 4 aromatic rings. The van der Waals surface area contributed by atoms with Crippen LogP contribution in [0.15, 0.2) is 47.8 Å². The third kappa shape index (κ3) is 5.40. The van der Waals surface area contributed by atoms with E-state index in [2.05, 4.69) is 21.9 Å². The van der Waals surface area contributed by atoms with E-state index in [4.69, 9.17) is 27.3 Å². The van der Waals surface area contributed by atoms with Gasteiger partial charge in [-0.2, -0.15) is 4.99 Å². The number of halogens is 2. The molecule has 0 saturated heterocycles. The van der Waals surface area contributed by atoms with Crippen LogP contribution in [-0.4, -0.2) is 41.5 Å². The van der Waals surface area contributed by atoms with E-state index < -0.39 is 11.8 Å². The highest BCUT2D eigenvalue weighted by Crippen LogP contribution is 2.40. The Morgan fingerprint density at radius 3 is 2.67 bits per heavy atom. The van der Waals surface area contributed by atoms with Crippen LogP contribution in [0, 0.1) is 18.8 Å². The average molecular weight is 564 g/mol. The molecular formula is C29H31ClFN7O2. The second kappa shape index (κ2) is 10.9. The molecule has 208 valence electrons. The molecule has 1 aliphatic carbocycles. The third-order valence-electron chi connectivity index (χ3n) is 7.63. The second-order valence-electron chi connectivity index (χ2n) is 10.7. The van der Waals surface area contributed by atoms with Crippen molar-refractivity contribution in [2.24, 2.45) is 22.6 Å². The van der Waals surface area contributed by atoms with Gasteiger partial charge in [-0.15, -0.1) is 0 Å². The summed E-state index contributed by atoms with van der Waals surface area (Å²) in [5.41, 5.74) is 6.99. The topological polar surface area (TPSA) is 132 Å². The minimum atomic E-state index is -2.04. The van der Waals surface area contributed by atoms with E-state index in [1.54, 1.807) is 30.6 Å². The zero-order chi connectivity index (χ0) is 28.6. The predicted molar refractivity (Wildman–Crippen MR) is 152 cm³/mol. The number of alkyl halides is 1. The molecule has 1 fully saturated rings. The Morgan fingerprint density at radius 1 is 1.25 bits per heavy atom. The van der Waals surface area contributed by atoms with E-state index >= 15 is 4.39 Å². The molecule has 0 aliphatic heterocycles. The Kier molecular flexibility index (Phi) is 7.55. The molecule has 1 aliphatic rings. The van der Waals surface area contributed by atoms with Gasteiger partial charge in [0.25, 0.3) is 0 Å². The van der Waals surface area contributed by atoms with Crippen molar-refractivity contribution in [1.29, 1.82) is 0 Å². The van der Waals surface area contributed by atoms with Gasteiger partial charge in [-0.25, -0.2) is 19.2 Å². The van der Waals surface area contributed by atoms with Gasteiger partial charge in [-0.3, -0.25) is 9.97 Å². The summed E-state index contributed by atoms with van der Waals surface area (Å²) in [6, 6.07) is 6.83. The standard InChI is InChI=1S/C29H31ClFN7O2/c1-16-6-8-18(9-7-16)15-38-24-21(36-27(38)29(3,31)25-17(2)5-4-10-34-25)12-22(26(32)37-28(39)40)35-23(24)19-11-20(30)14-33-13-19/h4-5,10-14,16,18H,6-9,15H2,1-3H3,(H2,32,37)(H,39,40). The lowest BCUT2D eigenvalue weighted by molar-refractivity contribution is 0.205. The van der Waals surface area contributed by atoms with Gasteiger partial charge in [0.1, 0.15) is 5.69 Å². The minimum Gasteiger partial charge on any atom is -0.463 e. The molecule has 40 heavy (non-hydrogen) atoms. The molecule has 1 atom stereocenters. The van der Waals surface area contributed by atoms with Crippen molar-refractivity contribution in [1.82, 2.24) is 24.5 Å². The Bertz CT molecular complexity index is 1610. The van der Waals surface area contributed by atoms with Crippen LogP contribution in [0.5, 0.6) is 0 Å². The number of imidazole rings is 1. The zero-order valence-corrected chi connectivity index (χ0v) is 23.4. The lowest BCUT2D eigenvalue weighted by Gasteiger charge is -2.29. The van der Waals surface area contributed by atoms with Crippen LogP contribution in [0.3, 0.4) is 0 Å². The Morgan fingerprint density at radius 2 is 2.00 bits per heavy atom. The van der Waals surface area contributed by atoms with Gasteiger partial charge < -0.3 is 15.4 Å². The number of aromatic nitrogens is 5. The summed E-state index contributed by atoms with van der Waals surface area (Å²) in [7, 11) is 0. The molecule has 9 nitrogen and oxygen atoms in total. The van der Waals surface area contributed by atoms with Gasteiger partial charge in [0.05, 0.1) is 27.4 Å². The minimum absolute atomic E-state index is 0.0992. The fourth-order valence-electron chi connectivity index (χ4n) is 5.58. The summed E-state index contributed by atoms with van der Waals surface area (Å²) in [5.74, 6) is 0.863. The highest BCUT2D eigenvalue weighted by molar-refractivity contribution is 6.30. The highest BCUT2D eigenvalue weighted by atomic mass is 35.5. The molecule has 4 aromatic heterocycles. The van der Waals surface area contributed by atoms with E-state index in [-0.39, 0.29) is 23.0 Å². The average Bonchev–Trinajstić information content (AvgIpc) is 3.28. The maximum absolute atomic E-state index is 17.0. The number of amides is 1. The number of hydrogen-bond acceptors (Lipinski definition) is 5. The maximum Gasteiger partial charge on any atom is 0.433 e. The largest absolute Gasteiger partial charge is 0.463 e. The SMILES string of the molecule is Cc1cccnc1C(C)(F)c1nc2cc(/C(N)=N/C(=O)O)nc(-c3cncc(Cl)c3)c2n1CC1CCC(C)CC1. The summed E-state index contributed by atoms with van der Waals surface area (Å²) in [6.45, 7) is 6.08. The number of pyridine rings is 3. The summed E-state index contributed by atoms with van der Waals surface area (Å²) in [5, 5.41) is 9.58. The molecule has 1 amide bonds. The van der Waals surface area contributed by atoms with Crippen molar-refractivity contribution in [3.8, 4) is 11.3 Å². The van der Waals surface area contributed by atoms with Gasteiger partial charge >= 0.3 is 6.09 Å². The van der Waals surface area contributed by atoms with Crippen LogP contribution in [0.1, 0.15) is 62.3 Å². The molecule has 0 bridgehead atoms. The summed E-state index contributed by atoms with van der Waals surface area (Å²) >= 11 is 6.29. The van der Waals surface area contributed by atoms with Crippen molar-refractivity contribution >= 4 is 34.6 Å². The number of nitrogens with two attached hydrogens (primary N) is 1. The van der Waals surface area contributed by atoms with E-state index in [0.29, 0.717) is 51.3 Å². The molecule has 5 rings (SSSR count). The number of aliphatic imine (C=N–C) groups is 1. The maximum atomic E-state index is 17.0. The van der Waals surface area contributed by atoms with Crippen LogP contribution in [0.4, 0.5) is 9.18 Å². The van der Waals surface area contributed by atoms with E-state index in [9.17, 15) is 9.90 Å². The number of fused-ring (bicyclic) bond motifs is 1. The molecule has 1 saturated carbocycles. The Labute approximate surface area is 236 Å². The molecule has 0 aromatic carbocycles. The van der Waals surface area contributed by atoms with Gasteiger partial charge in [-0.05, 0) is 62.3 Å². The van der Waals surface area contributed by atoms with Crippen molar-refractivity contribution in [2.45, 2.75) is 58.7 Å². The second-order valence-corrected chi connectivity index (χ2v) is 11.2. The van der Waals surface area contributed by atoms with Gasteiger partial charge in [0.15, 0.2) is 11.7 Å². The first-order valence-corrected chi connectivity index (χ1v) is 13.6. The Hall–Kier alpha value is -3.92. The third-order valence-corrected chi connectivity index (χ3v) is 7.84. The molecular weight excluding hydrogens is 533 g/mol. The number of rotatable bonds is 6. The van der Waals surface area contributed by atoms with Crippen LogP contribution in [0.2, 0.25) is 5.02 Å². The number of hydrogen-bond donors (Lipinski definition) is 2. The molecule has 4 heterocycles. The number of carbonyl (C=O) groups is 1. The van der Waals surface area contributed by atoms with Crippen molar-refractivity contribution in [3.05, 3.63) is 70.7 Å². The summed E-state index contributed by atoms with van der Waals surface area (Å²) in [4.78, 5) is 32.8. The van der Waals surface area contributed by atoms with Crippen molar-refractivity contribution in [2.75, 3.05) is 0 Å². The van der Waals surface area contributed by atoms with Gasteiger partial charge in [0, 0.05) is 30.7 Å². The number of aryl methyl sites for hydroxylation is 1. The van der Waals surface area contributed by atoms with E-state index in [1.807, 2.05) is 17.6 Å². The molecule has 1 unspecified atom stereocenters. The van der Waals surface area contributed by atoms with Gasteiger partial charge in [0.2, 0.25) is 5.67 Å². The highest BCUT2D eigenvalue weighted by Gasteiger charge is 2.38. The lowest BCUT2D eigenvalue weighted by atomic mass is 9.83. The normalized spacial score (nSPS) is 19.5. The first-order valence-electron chi connectivity index (χ1n) is 13.3. The molecule has 0 radical (unpaired) electrons.